The lowest BCUT2D eigenvalue weighted by atomic mass is 10.2. The lowest BCUT2D eigenvalue weighted by Gasteiger charge is -2.02. The summed E-state index contributed by atoms with van der Waals surface area (Å²) in [6.45, 7) is 3.33. The molecule has 0 aliphatic carbocycles. The number of hydrogen-bond acceptors (Lipinski definition) is 3. The minimum absolute atomic E-state index is 0.460. The van der Waals surface area contributed by atoms with E-state index in [0.29, 0.717) is 5.75 Å². The zero-order valence-corrected chi connectivity index (χ0v) is 8.01. The van der Waals surface area contributed by atoms with E-state index in [0.717, 1.165) is 17.0 Å². The molecule has 2 rings (SSSR count). The predicted molar refractivity (Wildman–Crippen MR) is 57.6 cm³/mol. The summed E-state index contributed by atoms with van der Waals surface area (Å²) in [6, 6.07) is 9.02. The normalized spacial score (nSPS) is 9.87. The Morgan fingerprint density at radius 1 is 1.40 bits per heavy atom. The van der Waals surface area contributed by atoms with E-state index in [1.807, 2.05) is 12.1 Å². The van der Waals surface area contributed by atoms with Crippen LogP contribution in [0.1, 0.15) is 0 Å². The molecule has 0 amide bonds. The van der Waals surface area contributed by atoms with E-state index in [1.54, 1.807) is 24.4 Å². The Morgan fingerprint density at radius 3 is 3.07 bits per heavy atom. The largest absolute Gasteiger partial charge is 0.423 e. The lowest BCUT2D eigenvalue weighted by molar-refractivity contribution is -0.128. The maximum atomic E-state index is 11.0. The van der Waals surface area contributed by atoms with Crippen LogP contribution < -0.4 is 4.74 Å². The third-order valence-electron chi connectivity index (χ3n) is 1.96. The molecule has 0 aliphatic rings. The average molecular weight is 199 g/mol. The number of fused-ring (bicyclic) bond motifs is 1. The Balaban J connectivity index is 2.38. The number of rotatable bonds is 2. The molecule has 0 saturated heterocycles. The first-order chi connectivity index (χ1) is 7.29. The second-order valence-electron chi connectivity index (χ2n) is 2.98. The summed E-state index contributed by atoms with van der Waals surface area (Å²) >= 11 is 0. The van der Waals surface area contributed by atoms with Crippen molar-refractivity contribution in [2.24, 2.45) is 0 Å². The standard InChI is InChI=1S/C12H9NO2/c1-2-12(14)15-10-5-6-11-9(8-10)4-3-7-13-11/h2-8H,1H2. The molecule has 15 heavy (non-hydrogen) atoms. The van der Waals surface area contributed by atoms with Gasteiger partial charge in [0.2, 0.25) is 0 Å². The van der Waals surface area contributed by atoms with Crippen LogP contribution in [0.5, 0.6) is 5.75 Å². The van der Waals surface area contributed by atoms with Crippen molar-refractivity contribution in [3.63, 3.8) is 0 Å². The Kier molecular flexibility index (Phi) is 2.46. The van der Waals surface area contributed by atoms with Gasteiger partial charge in [-0.25, -0.2) is 4.79 Å². The van der Waals surface area contributed by atoms with Crippen LogP contribution in [0.15, 0.2) is 49.2 Å². The maximum Gasteiger partial charge on any atom is 0.335 e. The smallest absolute Gasteiger partial charge is 0.335 e. The Labute approximate surface area is 87.0 Å². The Hall–Kier alpha value is -2.16. The van der Waals surface area contributed by atoms with E-state index in [-0.39, 0.29) is 0 Å². The van der Waals surface area contributed by atoms with Crippen molar-refractivity contribution in [3.05, 3.63) is 49.2 Å². The molecular weight excluding hydrogens is 190 g/mol. The van der Waals surface area contributed by atoms with E-state index >= 15 is 0 Å². The molecule has 74 valence electrons. The van der Waals surface area contributed by atoms with Gasteiger partial charge in [-0.3, -0.25) is 4.98 Å². The fourth-order valence-electron chi connectivity index (χ4n) is 1.28. The quantitative estimate of drug-likeness (QED) is 0.423. The summed E-state index contributed by atoms with van der Waals surface area (Å²) in [6.07, 6.45) is 2.85. The topological polar surface area (TPSA) is 39.2 Å². The number of esters is 1. The van der Waals surface area contributed by atoms with Gasteiger partial charge in [0.25, 0.3) is 0 Å². The molecule has 3 heteroatoms. The fraction of sp³-hybridized carbons (Fsp3) is 0. The molecule has 3 nitrogen and oxygen atoms in total. The fourth-order valence-corrected chi connectivity index (χ4v) is 1.28. The highest BCUT2D eigenvalue weighted by molar-refractivity contribution is 5.85. The van der Waals surface area contributed by atoms with Crippen molar-refractivity contribution in [2.75, 3.05) is 0 Å². The number of aromatic nitrogens is 1. The van der Waals surface area contributed by atoms with Crippen LogP contribution in [0.3, 0.4) is 0 Å². The molecule has 2 aromatic rings. The molecule has 0 spiro atoms. The van der Waals surface area contributed by atoms with Gasteiger partial charge >= 0.3 is 5.97 Å². The van der Waals surface area contributed by atoms with Gasteiger partial charge < -0.3 is 4.74 Å². The maximum absolute atomic E-state index is 11.0. The SMILES string of the molecule is C=CC(=O)Oc1ccc2ncccc2c1. The van der Waals surface area contributed by atoms with Gasteiger partial charge in [0.1, 0.15) is 5.75 Å². The number of benzene rings is 1. The van der Waals surface area contributed by atoms with Crippen molar-refractivity contribution in [3.8, 4) is 5.75 Å². The van der Waals surface area contributed by atoms with Gasteiger partial charge in [-0.15, -0.1) is 0 Å². The third-order valence-corrected chi connectivity index (χ3v) is 1.96. The van der Waals surface area contributed by atoms with Gasteiger partial charge in [-0.2, -0.15) is 0 Å². The van der Waals surface area contributed by atoms with Gasteiger partial charge in [0.05, 0.1) is 5.52 Å². The molecule has 1 heterocycles. The van der Waals surface area contributed by atoms with Gasteiger partial charge in [-0.1, -0.05) is 12.6 Å². The Bertz CT molecular complexity index is 520. The average Bonchev–Trinajstić information content (AvgIpc) is 2.29. The second-order valence-corrected chi connectivity index (χ2v) is 2.98. The predicted octanol–water partition coefficient (Wildman–Crippen LogP) is 2.33. The molecular formula is C12H9NO2. The number of carbonyl (C=O) groups excluding carboxylic acids is 1. The van der Waals surface area contributed by atoms with Gasteiger partial charge in [-0.05, 0) is 24.3 Å². The first kappa shape index (κ1) is 9.40. The van der Waals surface area contributed by atoms with E-state index in [2.05, 4.69) is 11.6 Å². The highest BCUT2D eigenvalue weighted by atomic mass is 16.5. The summed E-state index contributed by atoms with van der Waals surface area (Å²) in [7, 11) is 0. The number of pyridine rings is 1. The van der Waals surface area contributed by atoms with Crippen LogP contribution >= 0.6 is 0 Å². The van der Waals surface area contributed by atoms with Crippen molar-refractivity contribution >= 4 is 16.9 Å². The zero-order chi connectivity index (χ0) is 10.7. The first-order valence-electron chi connectivity index (χ1n) is 4.48. The molecule has 0 atom stereocenters. The van der Waals surface area contributed by atoms with E-state index in [4.69, 9.17) is 4.74 Å². The van der Waals surface area contributed by atoms with E-state index in [9.17, 15) is 4.79 Å². The van der Waals surface area contributed by atoms with Crippen molar-refractivity contribution in [1.82, 2.24) is 4.98 Å². The molecule has 0 aliphatic heterocycles. The third kappa shape index (κ3) is 2.02. The first-order valence-corrected chi connectivity index (χ1v) is 4.48. The minimum atomic E-state index is -0.460. The summed E-state index contributed by atoms with van der Waals surface area (Å²) in [5, 5.41) is 0.937. The number of hydrogen-bond donors (Lipinski definition) is 0. The molecule has 0 radical (unpaired) electrons. The summed E-state index contributed by atoms with van der Waals surface area (Å²) < 4.78 is 4.99. The minimum Gasteiger partial charge on any atom is -0.423 e. The van der Waals surface area contributed by atoms with Crippen LogP contribution in [0.4, 0.5) is 0 Å². The zero-order valence-electron chi connectivity index (χ0n) is 8.01. The molecule has 1 aromatic heterocycles. The number of nitrogens with zero attached hydrogens (tertiary/aromatic N) is 1. The van der Waals surface area contributed by atoms with Crippen LogP contribution in [0.2, 0.25) is 0 Å². The van der Waals surface area contributed by atoms with Crippen LogP contribution in [-0.4, -0.2) is 11.0 Å². The molecule has 0 bridgehead atoms. The highest BCUT2D eigenvalue weighted by Gasteiger charge is 2.00. The summed E-state index contributed by atoms with van der Waals surface area (Å²) in [5.74, 6) is 0.0404. The van der Waals surface area contributed by atoms with Crippen LogP contribution in [-0.2, 0) is 4.79 Å². The highest BCUT2D eigenvalue weighted by Crippen LogP contribution is 2.18. The van der Waals surface area contributed by atoms with E-state index in [1.165, 1.54) is 0 Å². The number of carbonyl (C=O) groups is 1. The van der Waals surface area contributed by atoms with Crippen LogP contribution in [0, 0.1) is 0 Å². The summed E-state index contributed by atoms with van der Waals surface area (Å²) in [4.78, 5) is 15.1. The van der Waals surface area contributed by atoms with Gasteiger partial charge in [0, 0.05) is 17.7 Å². The molecule has 0 N–H and O–H groups in total. The van der Waals surface area contributed by atoms with Gasteiger partial charge in [0.15, 0.2) is 0 Å². The van der Waals surface area contributed by atoms with E-state index < -0.39 is 5.97 Å². The van der Waals surface area contributed by atoms with Crippen molar-refractivity contribution in [2.45, 2.75) is 0 Å². The summed E-state index contributed by atoms with van der Waals surface area (Å²) in [5.41, 5.74) is 0.871. The molecule has 0 unspecified atom stereocenters. The molecule has 0 fully saturated rings. The lowest BCUT2D eigenvalue weighted by Crippen LogP contribution is -2.02. The van der Waals surface area contributed by atoms with Crippen LogP contribution in [0.25, 0.3) is 10.9 Å². The second kappa shape index (κ2) is 3.92. The molecule has 0 saturated carbocycles. The van der Waals surface area contributed by atoms with Crippen molar-refractivity contribution in [1.29, 1.82) is 0 Å². The molecule has 1 aromatic carbocycles. The monoisotopic (exact) mass is 199 g/mol. The van der Waals surface area contributed by atoms with Crippen molar-refractivity contribution < 1.29 is 9.53 Å². The Morgan fingerprint density at radius 2 is 2.27 bits per heavy atom. The number of ether oxygens (including phenoxy) is 1.